The highest BCUT2D eigenvalue weighted by molar-refractivity contribution is 5.82. The topological polar surface area (TPSA) is 8.17 Å². The summed E-state index contributed by atoms with van der Waals surface area (Å²) in [6.07, 6.45) is 7.97. The van der Waals surface area contributed by atoms with Gasteiger partial charge in [-0.25, -0.2) is 4.39 Å². The van der Waals surface area contributed by atoms with Gasteiger partial charge in [0.2, 0.25) is 0 Å². The highest BCUT2D eigenvalue weighted by Crippen LogP contribution is 2.41. The van der Waals surface area contributed by atoms with Crippen LogP contribution in [0.25, 0.3) is 38.8 Å². The summed E-state index contributed by atoms with van der Waals surface area (Å²) in [5.41, 5.74) is 11.3. The van der Waals surface area contributed by atoms with Crippen LogP contribution in [0.1, 0.15) is 24.5 Å². The lowest BCUT2D eigenvalue weighted by molar-refractivity contribution is 0.544. The number of aryl methyl sites for hydroxylation is 2. The molecule has 1 atom stereocenters. The molecule has 5 aromatic carbocycles. The number of nitrogens with zero attached hydrogens (tertiary/aromatic N) is 2. The third kappa shape index (κ3) is 5.05. The second kappa shape index (κ2) is 11.2. The Morgan fingerprint density at radius 2 is 1.34 bits per heavy atom. The van der Waals surface area contributed by atoms with Gasteiger partial charge >= 0.3 is 0 Å². The molecule has 1 aliphatic rings. The molecular formula is C41H35FN2. The van der Waals surface area contributed by atoms with Gasteiger partial charge in [0.15, 0.2) is 0 Å². The first-order valence-electron chi connectivity index (χ1n) is 15.2. The van der Waals surface area contributed by atoms with E-state index in [2.05, 4.69) is 158 Å². The third-order valence-corrected chi connectivity index (χ3v) is 8.94. The summed E-state index contributed by atoms with van der Waals surface area (Å²) >= 11 is 0. The molecule has 0 fully saturated rings. The number of hydrogen-bond acceptors (Lipinski definition) is 1. The number of allylic oxidation sites excluding steroid dienone is 2. The van der Waals surface area contributed by atoms with Crippen LogP contribution in [0.2, 0.25) is 0 Å². The number of para-hydroxylation sites is 1. The van der Waals surface area contributed by atoms with Crippen molar-refractivity contribution in [1.82, 2.24) is 4.57 Å². The number of halogens is 1. The van der Waals surface area contributed by atoms with Crippen molar-refractivity contribution in [2.45, 2.75) is 32.7 Å². The van der Waals surface area contributed by atoms with Crippen molar-refractivity contribution in [1.29, 1.82) is 0 Å². The molecule has 2 nitrogen and oxygen atoms in total. The fourth-order valence-electron chi connectivity index (χ4n) is 6.44. The number of anilines is 2. The van der Waals surface area contributed by atoms with E-state index in [1.54, 1.807) is 12.2 Å². The molecule has 7 rings (SSSR count). The Balaban J connectivity index is 1.25. The predicted molar refractivity (Wildman–Crippen MR) is 184 cm³/mol. The van der Waals surface area contributed by atoms with Crippen LogP contribution in [0.15, 0.2) is 152 Å². The lowest BCUT2D eigenvalue weighted by atomic mass is 9.88. The van der Waals surface area contributed by atoms with Crippen LogP contribution in [0.3, 0.4) is 0 Å². The lowest BCUT2D eigenvalue weighted by Crippen LogP contribution is -2.42. The van der Waals surface area contributed by atoms with Gasteiger partial charge in [0.05, 0.1) is 11.1 Å². The Hall–Kier alpha value is -5.15. The fraction of sp³-hybridized carbons (Fsp3) is 0.122. The zero-order valence-electron chi connectivity index (χ0n) is 25.3. The summed E-state index contributed by atoms with van der Waals surface area (Å²) in [6, 6.07) is 43.2. The summed E-state index contributed by atoms with van der Waals surface area (Å²) < 4.78 is 16.4. The van der Waals surface area contributed by atoms with E-state index in [0.717, 1.165) is 28.2 Å². The van der Waals surface area contributed by atoms with Gasteiger partial charge in [-0.1, -0.05) is 78.9 Å². The van der Waals surface area contributed by atoms with Crippen LogP contribution in [-0.4, -0.2) is 10.1 Å². The van der Waals surface area contributed by atoms with Gasteiger partial charge < -0.3 is 9.47 Å². The minimum absolute atomic E-state index is 0.182. The zero-order chi connectivity index (χ0) is 30.3. The molecule has 0 N–H and O–H groups in total. The van der Waals surface area contributed by atoms with Crippen molar-refractivity contribution >= 4 is 22.3 Å². The van der Waals surface area contributed by atoms with E-state index in [9.17, 15) is 4.39 Å². The SMILES string of the molecule is Cc1ccccc1-c1cc(N(c2ccc(-c3ccc(-n4ccc5ccccc54)cc3)cc2)C2(C)C=CC(F)=CC2)ccc1C. The lowest BCUT2D eigenvalue weighted by Gasteiger charge is -2.42. The van der Waals surface area contributed by atoms with E-state index in [0.29, 0.717) is 6.42 Å². The van der Waals surface area contributed by atoms with Crippen LogP contribution >= 0.6 is 0 Å². The summed E-state index contributed by atoms with van der Waals surface area (Å²) in [5.74, 6) is -0.182. The third-order valence-electron chi connectivity index (χ3n) is 8.94. The van der Waals surface area contributed by atoms with E-state index in [-0.39, 0.29) is 5.83 Å². The minimum atomic E-state index is -0.434. The second-order valence-electron chi connectivity index (χ2n) is 12.0. The van der Waals surface area contributed by atoms with Crippen molar-refractivity contribution < 1.29 is 4.39 Å². The minimum Gasteiger partial charge on any atom is -0.332 e. The molecule has 0 spiro atoms. The highest BCUT2D eigenvalue weighted by Gasteiger charge is 2.32. The molecule has 0 bridgehead atoms. The first-order valence-corrected chi connectivity index (χ1v) is 15.2. The van der Waals surface area contributed by atoms with Crippen molar-refractivity contribution in [2.24, 2.45) is 0 Å². The first kappa shape index (κ1) is 27.7. The number of hydrogen-bond donors (Lipinski definition) is 0. The van der Waals surface area contributed by atoms with Crippen LogP contribution in [0, 0.1) is 13.8 Å². The summed E-state index contributed by atoms with van der Waals surface area (Å²) in [5, 5.41) is 1.23. The highest BCUT2D eigenvalue weighted by atomic mass is 19.1. The fourth-order valence-corrected chi connectivity index (χ4v) is 6.44. The van der Waals surface area contributed by atoms with Crippen LogP contribution in [0.4, 0.5) is 15.8 Å². The molecule has 0 amide bonds. The molecular weight excluding hydrogens is 539 g/mol. The summed E-state index contributed by atoms with van der Waals surface area (Å²) in [6.45, 7) is 6.50. The Morgan fingerprint density at radius 1 is 0.682 bits per heavy atom. The second-order valence-corrected chi connectivity index (χ2v) is 12.0. The standard InChI is InChI=1S/C41H35FN2/c1-29-8-4-6-10-38(29)39-28-37(17-12-30(39)2)44(41(3)25-22-34(42)23-26-41)36-20-15-32(16-21-36)31-13-18-35(19-14-31)43-27-24-33-9-5-7-11-40(33)43/h4-25,27-28H,26H2,1-3H3. The quantitative estimate of drug-likeness (QED) is 0.192. The van der Waals surface area contributed by atoms with Gasteiger partial charge in [0.25, 0.3) is 0 Å². The Morgan fingerprint density at radius 3 is 2.07 bits per heavy atom. The number of aromatic nitrogens is 1. The molecule has 216 valence electrons. The van der Waals surface area contributed by atoms with Crippen LogP contribution in [0.5, 0.6) is 0 Å². The molecule has 0 saturated heterocycles. The predicted octanol–water partition coefficient (Wildman–Crippen LogP) is 11.3. The molecule has 6 aromatic rings. The van der Waals surface area contributed by atoms with Gasteiger partial charge in [-0.05, 0) is 127 Å². The van der Waals surface area contributed by atoms with E-state index in [4.69, 9.17) is 0 Å². The summed E-state index contributed by atoms with van der Waals surface area (Å²) in [4.78, 5) is 2.34. The first-order chi connectivity index (χ1) is 21.4. The average molecular weight is 575 g/mol. The van der Waals surface area contributed by atoms with E-state index < -0.39 is 5.54 Å². The van der Waals surface area contributed by atoms with Crippen molar-refractivity contribution in [2.75, 3.05) is 4.90 Å². The maximum atomic E-state index is 14.2. The van der Waals surface area contributed by atoms with Crippen LogP contribution < -0.4 is 4.90 Å². The monoisotopic (exact) mass is 574 g/mol. The largest absolute Gasteiger partial charge is 0.332 e. The Kier molecular flexibility index (Phi) is 7.02. The van der Waals surface area contributed by atoms with Gasteiger partial charge in [-0.2, -0.15) is 0 Å². The number of benzene rings is 5. The molecule has 1 heterocycles. The molecule has 0 radical (unpaired) electrons. The van der Waals surface area contributed by atoms with E-state index >= 15 is 0 Å². The van der Waals surface area contributed by atoms with Crippen molar-refractivity contribution in [3.63, 3.8) is 0 Å². The molecule has 3 heteroatoms. The Labute approximate surface area is 259 Å². The number of rotatable bonds is 6. The number of fused-ring (bicyclic) bond motifs is 1. The maximum absolute atomic E-state index is 14.2. The normalized spacial score (nSPS) is 16.2. The molecule has 1 aliphatic carbocycles. The smallest absolute Gasteiger partial charge is 0.119 e. The van der Waals surface area contributed by atoms with Gasteiger partial charge in [-0.15, -0.1) is 0 Å². The molecule has 44 heavy (non-hydrogen) atoms. The Bertz CT molecular complexity index is 2030. The molecule has 1 aromatic heterocycles. The van der Waals surface area contributed by atoms with Crippen molar-refractivity contribution in [3.05, 3.63) is 163 Å². The zero-order valence-corrected chi connectivity index (χ0v) is 25.3. The van der Waals surface area contributed by atoms with Gasteiger partial charge in [0.1, 0.15) is 5.83 Å². The van der Waals surface area contributed by atoms with Gasteiger partial charge in [0, 0.05) is 23.3 Å². The summed E-state index contributed by atoms with van der Waals surface area (Å²) in [7, 11) is 0. The molecule has 1 unspecified atom stereocenters. The van der Waals surface area contributed by atoms with E-state index in [1.807, 2.05) is 6.08 Å². The van der Waals surface area contributed by atoms with Crippen LogP contribution in [-0.2, 0) is 0 Å². The average Bonchev–Trinajstić information content (AvgIpc) is 3.49. The molecule has 0 saturated carbocycles. The van der Waals surface area contributed by atoms with Crippen molar-refractivity contribution in [3.8, 4) is 27.9 Å². The molecule has 0 aliphatic heterocycles. The maximum Gasteiger partial charge on any atom is 0.119 e. The van der Waals surface area contributed by atoms with Gasteiger partial charge in [-0.3, -0.25) is 0 Å². The van der Waals surface area contributed by atoms with E-state index in [1.165, 1.54) is 33.2 Å².